The molecular weight excluding hydrogens is 278 g/mol. The summed E-state index contributed by atoms with van der Waals surface area (Å²) >= 11 is 0.870. The topological polar surface area (TPSA) is 151 Å². The van der Waals surface area contributed by atoms with Crippen LogP contribution in [0, 0.1) is 5.41 Å². The molecule has 10 heteroatoms. The van der Waals surface area contributed by atoms with Crippen LogP contribution < -0.4 is 16.8 Å². The van der Waals surface area contributed by atoms with E-state index in [0.717, 1.165) is 11.8 Å². The number of rotatable bonds is 3. The van der Waals surface area contributed by atoms with Gasteiger partial charge >= 0.3 is 0 Å². The molecule has 1 aliphatic rings. The van der Waals surface area contributed by atoms with Gasteiger partial charge in [0.2, 0.25) is 5.91 Å². The maximum Gasteiger partial charge on any atom is 0.230 e. The van der Waals surface area contributed by atoms with Crippen molar-refractivity contribution in [2.45, 2.75) is 12.5 Å². The second-order valence-corrected chi connectivity index (χ2v) is 6.99. The van der Waals surface area contributed by atoms with Crippen LogP contribution in [0.3, 0.4) is 0 Å². The summed E-state index contributed by atoms with van der Waals surface area (Å²) in [6.45, 7) is 0. The predicted octanol–water partition coefficient (Wildman–Crippen LogP) is -1.77. The molecule has 1 rings (SSSR count). The molecule has 0 bridgehead atoms. The number of hydrogen-bond acceptors (Lipinski definition) is 5. The first-order valence-electron chi connectivity index (χ1n) is 5.09. The number of sulfone groups is 1. The van der Waals surface area contributed by atoms with Gasteiger partial charge in [0.1, 0.15) is 0 Å². The van der Waals surface area contributed by atoms with Gasteiger partial charge in [-0.05, 0) is 6.42 Å². The fraction of sp³-hybridized carbons (Fsp3) is 0.625. The molecule has 1 amide bonds. The fourth-order valence-corrected chi connectivity index (χ4v) is 3.66. The van der Waals surface area contributed by atoms with Crippen LogP contribution in [0.2, 0.25) is 0 Å². The quantitative estimate of drug-likeness (QED) is 0.357. The van der Waals surface area contributed by atoms with Crippen LogP contribution >= 0.6 is 11.8 Å². The SMILES string of the molecule is N=C(N=C(N)N)SCC(=O)NC1CCS(=O)(=O)C1. The Kier molecular flexibility index (Phi) is 4.96. The number of nitrogens with one attached hydrogen (secondary N) is 2. The highest BCUT2D eigenvalue weighted by atomic mass is 32.2. The molecule has 1 atom stereocenters. The summed E-state index contributed by atoms with van der Waals surface area (Å²) in [6.07, 6.45) is 0.435. The van der Waals surface area contributed by atoms with E-state index >= 15 is 0 Å². The van der Waals surface area contributed by atoms with E-state index < -0.39 is 9.84 Å². The molecule has 0 aliphatic carbocycles. The van der Waals surface area contributed by atoms with Crippen molar-refractivity contribution >= 4 is 38.6 Å². The molecule has 0 aromatic heterocycles. The molecule has 0 radical (unpaired) electrons. The van der Waals surface area contributed by atoms with Crippen molar-refractivity contribution in [2.75, 3.05) is 17.3 Å². The number of carbonyl (C=O) groups excluding carboxylic acids is 1. The summed E-state index contributed by atoms with van der Waals surface area (Å²) in [7, 11) is -3.01. The van der Waals surface area contributed by atoms with Crippen LogP contribution in [0.4, 0.5) is 0 Å². The first-order chi connectivity index (χ1) is 8.28. The van der Waals surface area contributed by atoms with Gasteiger partial charge in [-0.3, -0.25) is 10.2 Å². The molecule has 1 fully saturated rings. The Hall–Kier alpha value is -1.29. The van der Waals surface area contributed by atoms with Crippen molar-refractivity contribution in [3.05, 3.63) is 0 Å². The molecule has 6 N–H and O–H groups in total. The fourth-order valence-electron chi connectivity index (χ4n) is 1.46. The van der Waals surface area contributed by atoms with Crippen LogP contribution in [-0.2, 0) is 14.6 Å². The van der Waals surface area contributed by atoms with Gasteiger partial charge in [0.15, 0.2) is 21.0 Å². The number of carbonyl (C=O) groups is 1. The van der Waals surface area contributed by atoms with E-state index in [2.05, 4.69) is 10.3 Å². The lowest BCUT2D eigenvalue weighted by molar-refractivity contribution is -0.119. The first kappa shape index (κ1) is 14.8. The summed E-state index contributed by atoms with van der Waals surface area (Å²) in [5.74, 6) is -0.511. The zero-order chi connectivity index (χ0) is 13.8. The second-order valence-electron chi connectivity index (χ2n) is 3.80. The minimum absolute atomic E-state index is 0.0191. The van der Waals surface area contributed by atoms with Gasteiger partial charge in [-0.15, -0.1) is 0 Å². The van der Waals surface area contributed by atoms with E-state index in [1.165, 1.54) is 0 Å². The third-order valence-corrected chi connectivity index (χ3v) is 4.71. The van der Waals surface area contributed by atoms with Gasteiger partial charge < -0.3 is 16.8 Å². The smallest absolute Gasteiger partial charge is 0.230 e. The second kappa shape index (κ2) is 6.05. The number of amides is 1. The maximum atomic E-state index is 11.5. The molecule has 0 spiro atoms. The standard InChI is InChI=1S/C8H15N5O3S2/c9-7(10)13-8(11)17-3-6(14)12-5-1-2-18(15,16)4-5/h5H,1-4H2,(H,12,14)(H5,9,10,11,13). The molecule has 102 valence electrons. The first-order valence-corrected chi connectivity index (χ1v) is 7.90. The van der Waals surface area contributed by atoms with Gasteiger partial charge in [-0.25, -0.2) is 8.42 Å². The Labute approximate surface area is 109 Å². The van der Waals surface area contributed by atoms with E-state index in [9.17, 15) is 13.2 Å². The van der Waals surface area contributed by atoms with Crippen molar-refractivity contribution in [1.29, 1.82) is 5.41 Å². The van der Waals surface area contributed by atoms with E-state index in [1.54, 1.807) is 0 Å². The van der Waals surface area contributed by atoms with Crippen molar-refractivity contribution < 1.29 is 13.2 Å². The zero-order valence-corrected chi connectivity index (χ0v) is 11.2. The molecule has 0 aromatic rings. The summed E-state index contributed by atoms with van der Waals surface area (Å²) < 4.78 is 22.3. The minimum Gasteiger partial charge on any atom is -0.370 e. The molecule has 0 saturated carbocycles. The summed E-state index contributed by atoms with van der Waals surface area (Å²) in [6, 6.07) is -0.333. The van der Waals surface area contributed by atoms with Crippen molar-refractivity contribution in [1.82, 2.24) is 5.32 Å². The minimum atomic E-state index is -3.01. The Morgan fingerprint density at radius 2 is 2.17 bits per heavy atom. The number of thioether (sulfide) groups is 1. The number of amidine groups is 1. The lowest BCUT2D eigenvalue weighted by atomic mass is 10.3. The Morgan fingerprint density at radius 3 is 2.67 bits per heavy atom. The van der Waals surface area contributed by atoms with Crippen LogP contribution in [0.15, 0.2) is 4.99 Å². The number of nitrogens with two attached hydrogens (primary N) is 2. The monoisotopic (exact) mass is 293 g/mol. The molecule has 0 aromatic carbocycles. The van der Waals surface area contributed by atoms with Gasteiger partial charge in [0, 0.05) is 6.04 Å². The normalized spacial score (nSPS) is 21.2. The average Bonchev–Trinajstić information content (AvgIpc) is 2.54. The van der Waals surface area contributed by atoms with Gasteiger partial charge in [0.05, 0.1) is 17.3 Å². The summed E-state index contributed by atoms with van der Waals surface area (Å²) in [4.78, 5) is 14.9. The zero-order valence-electron chi connectivity index (χ0n) is 9.55. The number of nitrogens with zero attached hydrogens (tertiary/aromatic N) is 1. The van der Waals surface area contributed by atoms with Crippen LogP contribution in [0.5, 0.6) is 0 Å². The molecular formula is C8H15N5O3S2. The van der Waals surface area contributed by atoms with E-state index in [0.29, 0.717) is 6.42 Å². The molecule has 8 nitrogen and oxygen atoms in total. The van der Waals surface area contributed by atoms with Gasteiger partial charge in [0.25, 0.3) is 0 Å². The van der Waals surface area contributed by atoms with E-state index in [4.69, 9.17) is 16.9 Å². The Morgan fingerprint density at radius 1 is 1.50 bits per heavy atom. The number of aliphatic imine (C=N–C) groups is 1. The van der Waals surface area contributed by atoms with E-state index in [1.807, 2.05) is 0 Å². The van der Waals surface area contributed by atoms with Crippen molar-refractivity contribution in [2.24, 2.45) is 16.5 Å². The lowest BCUT2D eigenvalue weighted by Crippen LogP contribution is -2.36. The molecule has 1 aliphatic heterocycles. The Balaban J connectivity index is 2.31. The molecule has 1 unspecified atom stereocenters. The predicted molar refractivity (Wildman–Crippen MR) is 71.2 cm³/mol. The van der Waals surface area contributed by atoms with Gasteiger partial charge in [-0.1, -0.05) is 11.8 Å². The summed E-state index contributed by atoms with van der Waals surface area (Å²) in [5.41, 5.74) is 10.1. The average molecular weight is 293 g/mol. The maximum absolute atomic E-state index is 11.5. The third-order valence-electron chi connectivity index (χ3n) is 2.17. The number of guanidine groups is 1. The largest absolute Gasteiger partial charge is 0.370 e. The van der Waals surface area contributed by atoms with Crippen LogP contribution in [0.25, 0.3) is 0 Å². The summed E-state index contributed by atoms with van der Waals surface area (Å²) in [5, 5.41) is 9.73. The number of hydrogen-bond donors (Lipinski definition) is 4. The lowest BCUT2D eigenvalue weighted by Gasteiger charge is -2.09. The highest BCUT2D eigenvalue weighted by molar-refractivity contribution is 8.14. The highest BCUT2D eigenvalue weighted by Crippen LogP contribution is 2.11. The highest BCUT2D eigenvalue weighted by Gasteiger charge is 2.28. The van der Waals surface area contributed by atoms with Crippen LogP contribution in [0.1, 0.15) is 6.42 Å². The van der Waals surface area contributed by atoms with Crippen molar-refractivity contribution in [3.8, 4) is 0 Å². The van der Waals surface area contributed by atoms with E-state index in [-0.39, 0.29) is 40.3 Å². The molecule has 18 heavy (non-hydrogen) atoms. The molecule has 1 saturated heterocycles. The van der Waals surface area contributed by atoms with Crippen molar-refractivity contribution in [3.63, 3.8) is 0 Å². The van der Waals surface area contributed by atoms with Gasteiger partial charge in [-0.2, -0.15) is 4.99 Å². The third kappa shape index (κ3) is 5.36. The molecule has 1 heterocycles. The Bertz CT molecular complexity index is 469. The van der Waals surface area contributed by atoms with Crippen LogP contribution in [-0.4, -0.2) is 48.8 Å².